The van der Waals surface area contributed by atoms with E-state index in [9.17, 15) is 13.2 Å². The van der Waals surface area contributed by atoms with Crippen LogP contribution in [0.5, 0.6) is 0 Å². The first-order valence-electron chi connectivity index (χ1n) is 8.39. The summed E-state index contributed by atoms with van der Waals surface area (Å²) in [6, 6.07) is 5.77. The molecule has 0 N–H and O–H groups in total. The number of carbonyl (C=O) groups is 1. The molecule has 0 aliphatic heterocycles. The zero-order valence-corrected chi connectivity index (χ0v) is 16.1. The summed E-state index contributed by atoms with van der Waals surface area (Å²) in [4.78, 5) is 16.4. The maximum atomic E-state index is 12.6. The van der Waals surface area contributed by atoms with Crippen molar-refractivity contribution in [3.63, 3.8) is 0 Å². The minimum absolute atomic E-state index is 0.0514. The molecule has 0 aliphatic rings. The van der Waals surface area contributed by atoms with Crippen LogP contribution < -0.4 is 0 Å². The Bertz CT molecular complexity index is 857. The fourth-order valence-electron chi connectivity index (χ4n) is 2.27. The second-order valence-corrected chi connectivity index (χ2v) is 7.83. The molecule has 0 radical (unpaired) electrons. The molecule has 0 fully saturated rings. The highest BCUT2D eigenvalue weighted by molar-refractivity contribution is 7.89. The van der Waals surface area contributed by atoms with Gasteiger partial charge in [-0.2, -0.15) is 9.29 Å². The van der Waals surface area contributed by atoms with E-state index in [-0.39, 0.29) is 28.9 Å². The molecule has 0 spiro atoms. The van der Waals surface area contributed by atoms with Gasteiger partial charge in [-0.3, -0.25) is 0 Å². The van der Waals surface area contributed by atoms with Crippen LogP contribution in [0.2, 0.25) is 0 Å². The van der Waals surface area contributed by atoms with Gasteiger partial charge in [-0.25, -0.2) is 13.2 Å². The van der Waals surface area contributed by atoms with Crippen LogP contribution in [0.25, 0.3) is 0 Å². The van der Waals surface area contributed by atoms with Gasteiger partial charge in [0.1, 0.15) is 0 Å². The molecule has 9 heteroatoms. The van der Waals surface area contributed by atoms with Gasteiger partial charge in [0.25, 0.3) is 5.89 Å². The summed E-state index contributed by atoms with van der Waals surface area (Å²) < 4.78 is 36.6. The van der Waals surface area contributed by atoms with Crippen LogP contribution in [0, 0.1) is 0 Å². The van der Waals surface area contributed by atoms with E-state index in [0.717, 1.165) is 0 Å². The van der Waals surface area contributed by atoms with Crippen LogP contribution in [0.3, 0.4) is 0 Å². The summed E-state index contributed by atoms with van der Waals surface area (Å²) in [7, 11) is -3.65. The molecule has 142 valence electrons. The number of carbonyl (C=O) groups excluding carboxylic acids is 1. The molecule has 0 aliphatic carbocycles. The lowest BCUT2D eigenvalue weighted by atomic mass is 10.2. The summed E-state index contributed by atoms with van der Waals surface area (Å²) in [6.45, 7) is 7.88. The van der Waals surface area contributed by atoms with Crippen molar-refractivity contribution < 1.29 is 22.5 Å². The van der Waals surface area contributed by atoms with Gasteiger partial charge in [-0.05, 0) is 18.2 Å². The van der Waals surface area contributed by atoms with Gasteiger partial charge >= 0.3 is 5.97 Å². The van der Waals surface area contributed by atoms with Crippen LogP contribution in [-0.2, 0) is 21.4 Å². The first-order chi connectivity index (χ1) is 12.3. The Morgan fingerprint density at radius 2 is 1.96 bits per heavy atom. The van der Waals surface area contributed by atoms with E-state index >= 15 is 0 Å². The number of aromatic nitrogens is 2. The number of hydrogen-bond acceptors (Lipinski definition) is 7. The van der Waals surface area contributed by atoms with Crippen LogP contribution >= 0.6 is 0 Å². The normalized spacial score (nSPS) is 11.9. The smallest absolute Gasteiger partial charge is 0.338 e. The van der Waals surface area contributed by atoms with Crippen molar-refractivity contribution in [2.75, 3.05) is 13.1 Å². The third-order valence-electron chi connectivity index (χ3n) is 3.74. The Hall–Kier alpha value is -2.26. The van der Waals surface area contributed by atoms with Crippen molar-refractivity contribution in [1.82, 2.24) is 14.4 Å². The average molecular weight is 381 g/mol. The second-order valence-electron chi connectivity index (χ2n) is 5.89. The Balaban J connectivity index is 2.12. The fourth-order valence-corrected chi connectivity index (χ4v) is 3.77. The number of ether oxygens (including phenoxy) is 1. The molecule has 0 atom stereocenters. The number of nitrogens with zero attached hydrogens (tertiary/aromatic N) is 3. The monoisotopic (exact) mass is 381 g/mol. The molecule has 1 aromatic carbocycles. The number of benzene rings is 1. The van der Waals surface area contributed by atoms with E-state index in [1.54, 1.807) is 13.8 Å². The predicted molar refractivity (Wildman–Crippen MR) is 94.1 cm³/mol. The molecule has 0 unspecified atom stereocenters. The summed E-state index contributed by atoms with van der Waals surface area (Å²) >= 11 is 0. The topological polar surface area (TPSA) is 103 Å². The quantitative estimate of drug-likeness (QED) is 0.647. The minimum atomic E-state index is -3.65. The molecular weight excluding hydrogens is 358 g/mol. The van der Waals surface area contributed by atoms with Crippen molar-refractivity contribution in [1.29, 1.82) is 0 Å². The van der Waals surface area contributed by atoms with Crippen LogP contribution in [0.4, 0.5) is 0 Å². The second kappa shape index (κ2) is 8.41. The van der Waals surface area contributed by atoms with Crippen molar-refractivity contribution in [3.8, 4) is 0 Å². The molecule has 0 saturated carbocycles. The average Bonchev–Trinajstić information content (AvgIpc) is 3.10. The van der Waals surface area contributed by atoms with E-state index in [4.69, 9.17) is 9.26 Å². The summed E-state index contributed by atoms with van der Waals surface area (Å²) in [6.07, 6.45) is 0. The first-order valence-corrected chi connectivity index (χ1v) is 9.83. The zero-order valence-electron chi connectivity index (χ0n) is 15.3. The van der Waals surface area contributed by atoms with Gasteiger partial charge in [-0.1, -0.05) is 38.9 Å². The van der Waals surface area contributed by atoms with E-state index in [2.05, 4.69) is 10.1 Å². The molecule has 1 heterocycles. The fraction of sp³-hybridized carbons (Fsp3) is 0.471. The standard InChI is InChI=1S/C17H23N3O5S/c1-5-20(6-2)26(22,23)14-9-7-8-13(10-14)17(21)24-11-15-18-16(12(3)4)19-25-15/h7-10,12H,5-6,11H2,1-4H3. The Kier molecular flexibility index (Phi) is 6.49. The molecule has 0 saturated heterocycles. The molecule has 2 rings (SSSR count). The minimum Gasteiger partial charge on any atom is -0.452 e. The molecule has 8 nitrogen and oxygen atoms in total. The summed E-state index contributed by atoms with van der Waals surface area (Å²) in [5.41, 5.74) is 0.141. The molecule has 1 aromatic heterocycles. The lowest BCUT2D eigenvalue weighted by Crippen LogP contribution is -2.30. The van der Waals surface area contributed by atoms with Crippen LogP contribution in [0.1, 0.15) is 55.7 Å². The maximum Gasteiger partial charge on any atom is 0.338 e. The zero-order chi connectivity index (χ0) is 19.3. The van der Waals surface area contributed by atoms with Crippen molar-refractivity contribution in [2.45, 2.75) is 45.1 Å². The lowest BCUT2D eigenvalue weighted by Gasteiger charge is -2.18. The van der Waals surface area contributed by atoms with E-state index < -0.39 is 16.0 Å². The number of esters is 1. The summed E-state index contributed by atoms with van der Waals surface area (Å²) in [5, 5.41) is 3.79. The summed E-state index contributed by atoms with van der Waals surface area (Å²) in [5.74, 6) is 0.161. The van der Waals surface area contributed by atoms with Gasteiger partial charge in [-0.15, -0.1) is 0 Å². The molecule has 26 heavy (non-hydrogen) atoms. The van der Waals surface area contributed by atoms with Crippen molar-refractivity contribution >= 4 is 16.0 Å². The molecular formula is C17H23N3O5S. The number of hydrogen-bond donors (Lipinski definition) is 0. The predicted octanol–water partition coefficient (Wildman–Crippen LogP) is 2.58. The van der Waals surface area contributed by atoms with Crippen molar-refractivity contribution in [3.05, 3.63) is 41.5 Å². The highest BCUT2D eigenvalue weighted by atomic mass is 32.2. The first kappa shape index (κ1) is 20.1. The highest BCUT2D eigenvalue weighted by Crippen LogP contribution is 2.18. The third kappa shape index (κ3) is 4.47. The SMILES string of the molecule is CCN(CC)S(=O)(=O)c1cccc(C(=O)OCc2nc(C(C)C)no2)c1. The number of sulfonamides is 1. The Morgan fingerprint density at radius 1 is 1.27 bits per heavy atom. The van der Waals surface area contributed by atoms with E-state index in [1.165, 1.54) is 28.6 Å². The van der Waals surface area contributed by atoms with Gasteiger partial charge in [0.2, 0.25) is 10.0 Å². The third-order valence-corrected chi connectivity index (χ3v) is 5.79. The molecule has 2 aromatic rings. The molecule has 0 amide bonds. The van der Waals surface area contributed by atoms with Crippen LogP contribution in [-0.4, -0.2) is 41.9 Å². The molecule has 0 bridgehead atoms. The van der Waals surface area contributed by atoms with Crippen molar-refractivity contribution in [2.24, 2.45) is 0 Å². The number of rotatable bonds is 8. The van der Waals surface area contributed by atoms with E-state index in [1.807, 2.05) is 13.8 Å². The largest absolute Gasteiger partial charge is 0.452 e. The van der Waals surface area contributed by atoms with Gasteiger partial charge < -0.3 is 9.26 Å². The Morgan fingerprint density at radius 3 is 2.54 bits per heavy atom. The highest BCUT2D eigenvalue weighted by Gasteiger charge is 2.23. The Labute approximate surface area is 153 Å². The maximum absolute atomic E-state index is 12.6. The van der Waals surface area contributed by atoms with Gasteiger partial charge in [0.05, 0.1) is 10.5 Å². The van der Waals surface area contributed by atoms with E-state index in [0.29, 0.717) is 18.9 Å². The van der Waals surface area contributed by atoms with Gasteiger partial charge in [0, 0.05) is 19.0 Å². The lowest BCUT2D eigenvalue weighted by molar-refractivity contribution is 0.0429. The van der Waals surface area contributed by atoms with Gasteiger partial charge in [0.15, 0.2) is 12.4 Å². The van der Waals surface area contributed by atoms with Crippen LogP contribution in [0.15, 0.2) is 33.7 Å².